The van der Waals surface area contributed by atoms with Crippen LogP contribution in [0.25, 0.3) is 0 Å². The zero-order valence-electron chi connectivity index (χ0n) is 18.0. The number of hydrogen-bond donors (Lipinski definition) is 2. The van der Waals surface area contributed by atoms with Gasteiger partial charge in [0.25, 0.3) is 0 Å². The van der Waals surface area contributed by atoms with Gasteiger partial charge >= 0.3 is 11.9 Å². The third-order valence-corrected chi connectivity index (χ3v) is 5.05. The van der Waals surface area contributed by atoms with Crippen LogP contribution in [0.1, 0.15) is 64.4 Å². The summed E-state index contributed by atoms with van der Waals surface area (Å²) in [6.45, 7) is 7.05. The molecule has 0 aromatic heterocycles. The summed E-state index contributed by atoms with van der Waals surface area (Å²) >= 11 is 0. The van der Waals surface area contributed by atoms with Crippen LogP contribution in [-0.4, -0.2) is 43.4 Å². The first-order chi connectivity index (χ1) is 14.0. The molecule has 1 heterocycles. The van der Waals surface area contributed by atoms with Gasteiger partial charge in [0.2, 0.25) is 0 Å². The van der Waals surface area contributed by atoms with Crippen molar-refractivity contribution in [2.75, 3.05) is 26.4 Å². The van der Waals surface area contributed by atoms with E-state index in [0.29, 0.717) is 13.2 Å². The molecule has 6 heteroatoms. The summed E-state index contributed by atoms with van der Waals surface area (Å²) in [5.74, 6) is -0.823. The molecule has 0 spiro atoms. The first kappa shape index (κ1) is 25.1. The van der Waals surface area contributed by atoms with E-state index in [9.17, 15) is 9.59 Å². The molecule has 1 aromatic rings. The molecule has 2 N–H and O–H groups in total. The van der Waals surface area contributed by atoms with Gasteiger partial charge in [-0.05, 0) is 45.1 Å². The number of nitrogens with one attached hydrogen (secondary N) is 1. The summed E-state index contributed by atoms with van der Waals surface area (Å²) in [4.78, 5) is 21.6. The highest BCUT2D eigenvalue weighted by Gasteiger charge is 2.33. The quantitative estimate of drug-likeness (QED) is 0.688. The third kappa shape index (κ3) is 11.6. The van der Waals surface area contributed by atoms with E-state index in [0.717, 1.165) is 44.5 Å². The molecule has 0 atom stereocenters. The van der Waals surface area contributed by atoms with Crippen molar-refractivity contribution in [2.24, 2.45) is 5.41 Å². The standard InChI is InChI=1S/C11H15NO2.C8H14O2.C4H8O/c1-2-14-11(13)9-12-8-10-6-4-3-5-7-10;1-8(7(9)10)5-3-2-4-6-8;1-2-4-5-3-1/h3-7,12H,2,8-9H2,1H3;2-6H2,1H3,(H,9,10);1-4H2. The normalized spacial score (nSPS) is 17.2. The van der Waals surface area contributed by atoms with E-state index in [1.165, 1.54) is 19.3 Å². The highest BCUT2D eigenvalue weighted by molar-refractivity contribution is 5.74. The second-order valence-electron chi connectivity index (χ2n) is 7.64. The van der Waals surface area contributed by atoms with Crippen LogP contribution < -0.4 is 5.32 Å². The van der Waals surface area contributed by atoms with Crippen molar-refractivity contribution in [1.29, 1.82) is 0 Å². The fraction of sp³-hybridized carbons (Fsp3) is 0.652. The molecule has 29 heavy (non-hydrogen) atoms. The lowest BCUT2D eigenvalue weighted by Gasteiger charge is -2.28. The number of rotatable bonds is 6. The van der Waals surface area contributed by atoms with Crippen LogP contribution in [0.4, 0.5) is 0 Å². The molecule has 1 aliphatic heterocycles. The van der Waals surface area contributed by atoms with E-state index in [2.05, 4.69) is 5.32 Å². The highest BCUT2D eigenvalue weighted by atomic mass is 16.5. The maximum atomic E-state index is 10.9. The second-order valence-corrected chi connectivity index (χ2v) is 7.64. The van der Waals surface area contributed by atoms with Crippen LogP contribution in [0.2, 0.25) is 0 Å². The Kier molecular flexibility index (Phi) is 13.0. The number of aliphatic carboxylic acids is 1. The minimum absolute atomic E-state index is 0.205. The van der Waals surface area contributed by atoms with Crippen molar-refractivity contribution in [3.8, 4) is 0 Å². The molecule has 1 saturated heterocycles. The summed E-state index contributed by atoms with van der Waals surface area (Å²) in [7, 11) is 0. The number of ether oxygens (including phenoxy) is 2. The first-order valence-corrected chi connectivity index (χ1v) is 10.7. The lowest BCUT2D eigenvalue weighted by molar-refractivity contribution is -0.149. The SMILES string of the molecule is C1CCOC1.CC1(C(=O)O)CCCCC1.CCOC(=O)CNCc1ccccc1. The smallest absolute Gasteiger partial charge is 0.319 e. The van der Waals surface area contributed by atoms with Crippen molar-refractivity contribution in [2.45, 2.75) is 65.3 Å². The van der Waals surface area contributed by atoms with Crippen LogP contribution in [0, 0.1) is 5.41 Å². The van der Waals surface area contributed by atoms with E-state index in [4.69, 9.17) is 14.6 Å². The van der Waals surface area contributed by atoms with Gasteiger partial charge in [-0.1, -0.05) is 49.6 Å². The average Bonchev–Trinajstić information content (AvgIpc) is 3.30. The van der Waals surface area contributed by atoms with Crippen molar-refractivity contribution in [1.82, 2.24) is 5.32 Å². The van der Waals surface area contributed by atoms with Crippen LogP contribution in [0.5, 0.6) is 0 Å². The number of carboxylic acids is 1. The maximum Gasteiger partial charge on any atom is 0.319 e. The average molecular weight is 408 g/mol. The molecular weight excluding hydrogens is 370 g/mol. The van der Waals surface area contributed by atoms with E-state index in [1.54, 1.807) is 6.92 Å². The molecule has 1 aromatic carbocycles. The predicted molar refractivity (Wildman–Crippen MR) is 114 cm³/mol. The van der Waals surface area contributed by atoms with Crippen LogP contribution in [0.15, 0.2) is 30.3 Å². The Morgan fingerprint density at radius 2 is 1.69 bits per heavy atom. The summed E-state index contributed by atoms with van der Waals surface area (Å²) in [5, 5.41) is 11.8. The number of carbonyl (C=O) groups excluding carboxylic acids is 1. The van der Waals surface area contributed by atoms with E-state index >= 15 is 0 Å². The lowest BCUT2D eigenvalue weighted by atomic mass is 9.76. The van der Waals surface area contributed by atoms with Crippen LogP contribution in [-0.2, 0) is 25.6 Å². The topological polar surface area (TPSA) is 84.9 Å². The van der Waals surface area contributed by atoms with Crippen molar-refractivity contribution < 1.29 is 24.2 Å². The summed E-state index contributed by atoms with van der Waals surface area (Å²) in [6, 6.07) is 9.94. The molecule has 6 nitrogen and oxygen atoms in total. The van der Waals surface area contributed by atoms with E-state index < -0.39 is 11.4 Å². The van der Waals surface area contributed by atoms with Gasteiger partial charge in [0.1, 0.15) is 0 Å². The minimum atomic E-state index is -0.618. The van der Waals surface area contributed by atoms with Gasteiger partial charge in [-0.3, -0.25) is 9.59 Å². The van der Waals surface area contributed by atoms with Gasteiger partial charge < -0.3 is 19.9 Å². The molecule has 0 unspecified atom stereocenters. The van der Waals surface area contributed by atoms with Crippen molar-refractivity contribution >= 4 is 11.9 Å². The first-order valence-electron chi connectivity index (χ1n) is 10.7. The Morgan fingerprint density at radius 1 is 1.07 bits per heavy atom. The van der Waals surface area contributed by atoms with E-state index in [-0.39, 0.29) is 12.5 Å². The Balaban J connectivity index is 0.000000242. The van der Waals surface area contributed by atoms with Gasteiger partial charge in [0.05, 0.1) is 18.6 Å². The number of esters is 1. The number of benzene rings is 1. The van der Waals surface area contributed by atoms with E-state index in [1.807, 2.05) is 37.3 Å². The summed E-state index contributed by atoms with van der Waals surface area (Å²) in [5.41, 5.74) is 0.759. The number of carboxylic acid groups (broad SMARTS) is 1. The Bertz CT molecular complexity index is 558. The minimum Gasteiger partial charge on any atom is -0.481 e. The Labute approximate surface area is 175 Å². The molecular formula is C23H37NO5. The summed E-state index contributed by atoms with van der Waals surface area (Å²) < 4.78 is 9.72. The molecule has 3 rings (SSSR count). The Hall–Kier alpha value is -1.92. The largest absolute Gasteiger partial charge is 0.481 e. The molecule has 0 amide bonds. The van der Waals surface area contributed by atoms with Crippen LogP contribution >= 0.6 is 0 Å². The van der Waals surface area contributed by atoms with Gasteiger partial charge in [-0.15, -0.1) is 0 Å². The lowest BCUT2D eigenvalue weighted by Crippen LogP contribution is -2.29. The number of hydrogen-bond acceptors (Lipinski definition) is 5. The fourth-order valence-corrected chi connectivity index (χ4v) is 3.17. The monoisotopic (exact) mass is 407 g/mol. The molecule has 164 valence electrons. The molecule has 1 saturated carbocycles. The Morgan fingerprint density at radius 3 is 2.14 bits per heavy atom. The highest BCUT2D eigenvalue weighted by Crippen LogP contribution is 2.35. The van der Waals surface area contributed by atoms with Gasteiger partial charge in [0.15, 0.2) is 0 Å². The molecule has 0 radical (unpaired) electrons. The van der Waals surface area contributed by atoms with Gasteiger partial charge in [-0.25, -0.2) is 0 Å². The van der Waals surface area contributed by atoms with Crippen LogP contribution in [0.3, 0.4) is 0 Å². The fourth-order valence-electron chi connectivity index (χ4n) is 3.17. The zero-order valence-corrected chi connectivity index (χ0v) is 18.0. The molecule has 2 fully saturated rings. The molecule has 0 bridgehead atoms. The molecule has 1 aliphatic carbocycles. The summed E-state index contributed by atoms with van der Waals surface area (Å²) in [6.07, 6.45) is 7.67. The van der Waals surface area contributed by atoms with Gasteiger partial charge in [0, 0.05) is 19.8 Å². The molecule has 2 aliphatic rings. The predicted octanol–water partition coefficient (Wildman–Crippen LogP) is 4.18. The maximum absolute atomic E-state index is 10.9. The van der Waals surface area contributed by atoms with Gasteiger partial charge in [-0.2, -0.15) is 0 Å². The van der Waals surface area contributed by atoms with Crippen molar-refractivity contribution in [3.63, 3.8) is 0 Å². The zero-order chi connectivity index (χ0) is 21.4. The number of carbonyl (C=O) groups is 2. The third-order valence-electron chi connectivity index (χ3n) is 5.05. The van der Waals surface area contributed by atoms with Crippen molar-refractivity contribution in [3.05, 3.63) is 35.9 Å². The second kappa shape index (κ2) is 15.0.